The SMILES string of the molecule is Cc1ccc(OCC(=O)Nc2ccccc2-c2nnn(CC(N)=O)n2)cc1. The standard InChI is InChI=1S/C18H18N6O3/c1-12-6-8-13(9-7-12)27-11-17(26)20-15-5-3-2-4-14(15)18-21-23-24(22-18)10-16(19)25/h2-9H,10-11H2,1H3,(H2,19,25)(H,20,26). The number of carbonyl (C=O) groups excluding carboxylic acids is 2. The molecule has 2 aromatic carbocycles. The highest BCUT2D eigenvalue weighted by Crippen LogP contribution is 2.24. The normalized spacial score (nSPS) is 10.4. The van der Waals surface area contributed by atoms with E-state index >= 15 is 0 Å². The van der Waals surface area contributed by atoms with E-state index in [-0.39, 0.29) is 24.9 Å². The Morgan fingerprint density at radius 1 is 1.15 bits per heavy atom. The van der Waals surface area contributed by atoms with Gasteiger partial charge in [-0.05, 0) is 36.4 Å². The fraction of sp³-hybridized carbons (Fsp3) is 0.167. The van der Waals surface area contributed by atoms with E-state index in [1.165, 1.54) is 0 Å². The lowest BCUT2D eigenvalue weighted by Gasteiger charge is -2.10. The summed E-state index contributed by atoms with van der Waals surface area (Å²) in [5.41, 5.74) is 7.30. The molecular formula is C18H18N6O3. The zero-order valence-electron chi connectivity index (χ0n) is 14.6. The fourth-order valence-corrected chi connectivity index (χ4v) is 2.31. The lowest BCUT2D eigenvalue weighted by atomic mass is 10.1. The highest BCUT2D eigenvalue weighted by atomic mass is 16.5. The smallest absolute Gasteiger partial charge is 0.262 e. The van der Waals surface area contributed by atoms with E-state index in [0.29, 0.717) is 17.0 Å². The molecule has 3 aromatic rings. The quantitative estimate of drug-likeness (QED) is 0.646. The molecule has 3 N–H and O–H groups in total. The van der Waals surface area contributed by atoms with Crippen molar-refractivity contribution in [3.63, 3.8) is 0 Å². The minimum absolute atomic E-state index is 0.140. The highest BCUT2D eigenvalue weighted by molar-refractivity contribution is 5.95. The van der Waals surface area contributed by atoms with Crippen molar-refractivity contribution in [2.75, 3.05) is 11.9 Å². The topological polar surface area (TPSA) is 125 Å². The first kappa shape index (κ1) is 18.1. The third-order valence-electron chi connectivity index (χ3n) is 3.58. The largest absolute Gasteiger partial charge is 0.484 e. The Bertz CT molecular complexity index is 952. The Morgan fingerprint density at radius 3 is 2.63 bits per heavy atom. The van der Waals surface area contributed by atoms with E-state index in [4.69, 9.17) is 10.5 Å². The zero-order chi connectivity index (χ0) is 19.2. The van der Waals surface area contributed by atoms with E-state index in [2.05, 4.69) is 20.7 Å². The molecule has 0 aliphatic carbocycles. The number of nitrogens with two attached hydrogens (primary N) is 1. The number of nitrogens with zero attached hydrogens (tertiary/aromatic N) is 4. The van der Waals surface area contributed by atoms with Gasteiger partial charge >= 0.3 is 0 Å². The first-order valence-corrected chi connectivity index (χ1v) is 8.16. The molecule has 27 heavy (non-hydrogen) atoms. The van der Waals surface area contributed by atoms with Crippen LogP contribution in [0.1, 0.15) is 5.56 Å². The maximum atomic E-state index is 12.2. The van der Waals surface area contributed by atoms with E-state index < -0.39 is 5.91 Å². The number of aryl methyl sites for hydroxylation is 1. The van der Waals surface area contributed by atoms with Crippen LogP contribution in [0.4, 0.5) is 5.69 Å². The number of tetrazole rings is 1. The number of carbonyl (C=O) groups is 2. The van der Waals surface area contributed by atoms with E-state index in [1.807, 2.05) is 19.1 Å². The maximum Gasteiger partial charge on any atom is 0.262 e. The number of hydrogen-bond acceptors (Lipinski definition) is 6. The molecule has 0 unspecified atom stereocenters. The molecule has 0 radical (unpaired) electrons. The van der Waals surface area contributed by atoms with Gasteiger partial charge in [0.25, 0.3) is 5.91 Å². The first-order valence-electron chi connectivity index (χ1n) is 8.16. The van der Waals surface area contributed by atoms with Gasteiger partial charge in [0, 0.05) is 5.56 Å². The molecule has 0 spiro atoms. The number of anilines is 1. The Balaban J connectivity index is 1.68. The maximum absolute atomic E-state index is 12.2. The van der Waals surface area contributed by atoms with Crippen molar-refractivity contribution in [3.05, 3.63) is 54.1 Å². The van der Waals surface area contributed by atoms with Gasteiger partial charge < -0.3 is 15.8 Å². The van der Waals surface area contributed by atoms with Crippen LogP contribution >= 0.6 is 0 Å². The number of primary amides is 1. The monoisotopic (exact) mass is 366 g/mol. The van der Waals surface area contributed by atoms with Gasteiger partial charge in [0.2, 0.25) is 11.7 Å². The molecule has 0 atom stereocenters. The molecular weight excluding hydrogens is 348 g/mol. The van der Waals surface area contributed by atoms with Gasteiger partial charge in [0.15, 0.2) is 6.61 Å². The second kappa shape index (κ2) is 8.09. The third kappa shape index (κ3) is 4.88. The molecule has 1 aromatic heterocycles. The first-order chi connectivity index (χ1) is 13.0. The summed E-state index contributed by atoms with van der Waals surface area (Å²) in [6, 6.07) is 14.4. The predicted molar refractivity (Wildman–Crippen MR) is 97.8 cm³/mol. The van der Waals surface area contributed by atoms with Gasteiger partial charge in [-0.1, -0.05) is 29.8 Å². The minimum Gasteiger partial charge on any atom is -0.484 e. The number of ether oxygens (including phenoxy) is 1. The predicted octanol–water partition coefficient (Wildman–Crippen LogP) is 1.15. The van der Waals surface area contributed by atoms with Crippen LogP contribution in [-0.4, -0.2) is 38.6 Å². The van der Waals surface area contributed by atoms with Gasteiger partial charge in [0.1, 0.15) is 12.3 Å². The van der Waals surface area contributed by atoms with E-state index in [0.717, 1.165) is 10.4 Å². The molecule has 9 heteroatoms. The average molecular weight is 366 g/mol. The summed E-state index contributed by atoms with van der Waals surface area (Å²) in [6.07, 6.45) is 0. The van der Waals surface area contributed by atoms with Crippen LogP contribution in [0.3, 0.4) is 0 Å². The Hall–Kier alpha value is -3.75. The summed E-state index contributed by atoms with van der Waals surface area (Å²) in [6.45, 7) is 1.66. The molecule has 0 saturated carbocycles. The third-order valence-corrected chi connectivity index (χ3v) is 3.58. The second-order valence-electron chi connectivity index (χ2n) is 5.81. The molecule has 0 aliphatic heterocycles. The van der Waals surface area contributed by atoms with Crippen LogP contribution in [0, 0.1) is 6.92 Å². The average Bonchev–Trinajstić information content (AvgIpc) is 3.09. The van der Waals surface area contributed by atoms with Gasteiger partial charge in [-0.3, -0.25) is 9.59 Å². The molecule has 0 saturated heterocycles. The van der Waals surface area contributed by atoms with E-state index in [1.54, 1.807) is 36.4 Å². The number of hydrogen-bond donors (Lipinski definition) is 2. The molecule has 0 fully saturated rings. The van der Waals surface area contributed by atoms with Crippen molar-refractivity contribution in [1.29, 1.82) is 0 Å². The molecule has 138 valence electrons. The van der Waals surface area contributed by atoms with Crippen LogP contribution in [0.5, 0.6) is 5.75 Å². The van der Waals surface area contributed by atoms with Crippen molar-refractivity contribution >= 4 is 17.5 Å². The molecule has 0 bridgehead atoms. The number of aromatic nitrogens is 4. The van der Waals surface area contributed by atoms with Gasteiger partial charge in [-0.15, -0.1) is 10.2 Å². The Labute approximate surface area is 155 Å². The molecule has 3 rings (SSSR count). The number of rotatable bonds is 7. The molecule has 1 heterocycles. The highest BCUT2D eigenvalue weighted by Gasteiger charge is 2.13. The molecule has 0 aliphatic rings. The minimum atomic E-state index is -0.575. The summed E-state index contributed by atoms with van der Waals surface area (Å²) in [5, 5.41) is 14.5. The Morgan fingerprint density at radius 2 is 1.89 bits per heavy atom. The Kier molecular flexibility index (Phi) is 5.41. The van der Waals surface area contributed by atoms with Crippen LogP contribution in [0.15, 0.2) is 48.5 Å². The molecule has 2 amide bonds. The van der Waals surface area contributed by atoms with Crippen molar-refractivity contribution in [1.82, 2.24) is 20.2 Å². The van der Waals surface area contributed by atoms with Crippen molar-refractivity contribution in [3.8, 4) is 17.1 Å². The lowest BCUT2D eigenvalue weighted by molar-refractivity contribution is -0.119. The van der Waals surface area contributed by atoms with Crippen LogP contribution < -0.4 is 15.8 Å². The van der Waals surface area contributed by atoms with Crippen LogP contribution in [-0.2, 0) is 16.1 Å². The summed E-state index contributed by atoms with van der Waals surface area (Å²) in [7, 11) is 0. The zero-order valence-corrected chi connectivity index (χ0v) is 14.6. The number of benzene rings is 2. The number of amides is 2. The van der Waals surface area contributed by atoms with Crippen molar-refractivity contribution < 1.29 is 14.3 Å². The number of para-hydroxylation sites is 1. The van der Waals surface area contributed by atoms with Crippen molar-refractivity contribution in [2.24, 2.45) is 5.73 Å². The molecule has 9 nitrogen and oxygen atoms in total. The van der Waals surface area contributed by atoms with Gasteiger partial charge in [-0.25, -0.2) is 0 Å². The van der Waals surface area contributed by atoms with Crippen LogP contribution in [0.25, 0.3) is 11.4 Å². The van der Waals surface area contributed by atoms with E-state index in [9.17, 15) is 9.59 Å². The summed E-state index contributed by atoms with van der Waals surface area (Å²) in [4.78, 5) is 24.3. The van der Waals surface area contributed by atoms with Crippen LogP contribution in [0.2, 0.25) is 0 Å². The van der Waals surface area contributed by atoms with Gasteiger partial charge in [-0.2, -0.15) is 4.80 Å². The second-order valence-corrected chi connectivity index (χ2v) is 5.81. The number of nitrogens with one attached hydrogen (secondary N) is 1. The summed E-state index contributed by atoms with van der Waals surface area (Å²) in [5.74, 6) is -0.0203. The summed E-state index contributed by atoms with van der Waals surface area (Å²) >= 11 is 0. The van der Waals surface area contributed by atoms with Gasteiger partial charge in [0.05, 0.1) is 5.69 Å². The van der Waals surface area contributed by atoms with Crippen molar-refractivity contribution in [2.45, 2.75) is 13.5 Å². The summed E-state index contributed by atoms with van der Waals surface area (Å²) < 4.78 is 5.48. The lowest BCUT2D eigenvalue weighted by Crippen LogP contribution is -2.21. The fourth-order valence-electron chi connectivity index (χ4n) is 2.31.